The number of likely N-dealkylation sites (tertiary alicyclic amines) is 1. The van der Waals surface area contributed by atoms with Gasteiger partial charge >= 0.3 is 0 Å². The van der Waals surface area contributed by atoms with Crippen LogP contribution in [0.2, 0.25) is 0 Å². The molecule has 20 heavy (non-hydrogen) atoms. The number of hydrogen-bond donors (Lipinski definition) is 0. The second-order valence-electron chi connectivity index (χ2n) is 5.72. The standard InChI is InChI=1S/C15H20N2O2S/c1-15(14(18)17-8-4-2-3-5-9-17)11-12(16-19-15)13-7-6-10-20-13/h6-7,10H,2-5,8-9,11H2,1H3. The molecular weight excluding hydrogens is 272 g/mol. The normalized spacial score (nSPS) is 26.9. The van der Waals surface area contributed by atoms with E-state index in [9.17, 15) is 4.79 Å². The number of amides is 1. The number of oxime groups is 1. The molecule has 0 aliphatic carbocycles. The largest absolute Gasteiger partial charge is 0.379 e. The Hall–Kier alpha value is -1.36. The number of thiophene rings is 1. The van der Waals surface area contributed by atoms with Crippen LogP contribution in [0.15, 0.2) is 22.7 Å². The van der Waals surface area contributed by atoms with Crippen LogP contribution in [0, 0.1) is 0 Å². The van der Waals surface area contributed by atoms with Crippen LogP contribution in [0.5, 0.6) is 0 Å². The predicted molar refractivity (Wildman–Crippen MR) is 80.0 cm³/mol. The fraction of sp³-hybridized carbons (Fsp3) is 0.600. The molecule has 0 aromatic carbocycles. The van der Waals surface area contributed by atoms with Gasteiger partial charge in [-0.3, -0.25) is 4.79 Å². The molecule has 0 N–H and O–H groups in total. The van der Waals surface area contributed by atoms with Gasteiger partial charge in [0.05, 0.1) is 4.88 Å². The van der Waals surface area contributed by atoms with Crippen molar-refractivity contribution in [2.24, 2.45) is 5.16 Å². The third kappa shape index (κ3) is 2.59. The van der Waals surface area contributed by atoms with Crippen LogP contribution < -0.4 is 0 Å². The highest BCUT2D eigenvalue weighted by Crippen LogP contribution is 2.30. The highest BCUT2D eigenvalue weighted by Gasteiger charge is 2.44. The SMILES string of the molecule is CC1(C(=O)N2CCCCCC2)CC(c2cccs2)=NO1. The Kier molecular flexibility index (Phi) is 3.78. The van der Waals surface area contributed by atoms with Crippen LogP contribution in [0.4, 0.5) is 0 Å². The number of nitrogens with zero attached hydrogens (tertiary/aromatic N) is 2. The monoisotopic (exact) mass is 292 g/mol. The van der Waals surface area contributed by atoms with Crippen LogP contribution in [-0.4, -0.2) is 35.2 Å². The summed E-state index contributed by atoms with van der Waals surface area (Å²) in [5.41, 5.74) is 0.0783. The fourth-order valence-corrected chi connectivity index (χ4v) is 3.54. The van der Waals surface area contributed by atoms with Gasteiger partial charge in [0.1, 0.15) is 5.71 Å². The van der Waals surface area contributed by atoms with Gasteiger partial charge in [0, 0.05) is 19.5 Å². The summed E-state index contributed by atoms with van der Waals surface area (Å²) in [6, 6.07) is 4.02. The zero-order valence-electron chi connectivity index (χ0n) is 11.8. The average Bonchev–Trinajstić information content (AvgIpc) is 3.02. The maximum atomic E-state index is 12.7. The second-order valence-corrected chi connectivity index (χ2v) is 6.67. The molecule has 3 rings (SSSR count). The third-order valence-corrected chi connectivity index (χ3v) is 4.93. The predicted octanol–water partition coefficient (Wildman–Crippen LogP) is 3.03. The lowest BCUT2D eigenvalue weighted by molar-refractivity contribution is -0.153. The summed E-state index contributed by atoms with van der Waals surface area (Å²) < 4.78 is 0. The minimum absolute atomic E-state index is 0.0923. The zero-order valence-corrected chi connectivity index (χ0v) is 12.6. The molecule has 2 aliphatic rings. The summed E-state index contributed by atoms with van der Waals surface area (Å²) in [6.45, 7) is 3.57. The van der Waals surface area contributed by atoms with Crippen molar-refractivity contribution in [1.29, 1.82) is 0 Å². The van der Waals surface area contributed by atoms with E-state index in [2.05, 4.69) is 5.16 Å². The van der Waals surface area contributed by atoms with Gasteiger partial charge in [-0.15, -0.1) is 11.3 Å². The number of hydrogen-bond acceptors (Lipinski definition) is 4. The second kappa shape index (κ2) is 5.56. The molecule has 2 aliphatic heterocycles. The van der Waals surface area contributed by atoms with Crippen molar-refractivity contribution in [1.82, 2.24) is 4.90 Å². The molecule has 1 aromatic heterocycles. The van der Waals surface area contributed by atoms with Crippen molar-refractivity contribution in [2.75, 3.05) is 13.1 Å². The molecule has 0 saturated carbocycles. The first kappa shape index (κ1) is 13.6. The molecule has 3 heterocycles. The van der Waals surface area contributed by atoms with Crippen molar-refractivity contribution >= 4 is 23.0 Å². The maximum absolute atomic E-state index is 12.7. The molecular formula is C15H20N2O2S. The van der Waals surface area contributed by atoms with Crippen molar-refractivity contribution in [3.63, 3.8) is 0 Å². The molecule has 0 spiro atoms. The quantitative estimate of drug-likeness (QED) is 0.841. The Morgan fingerprint density at radius 2 is 2.10 bits per heavy atom. The Labute approximate surface area is 123 Å². The van der Waals surface area contributed by atoms with Crippen molar-refractivity contribution in [3.8, 4) is 0 Å². The summed E-state index contributed by atoms with van der Waals surface area (Å²) >= 11 is 1.64. The molecule has 5 heteroatoms. The summed E-state index contributed by atoms with van der Waals surface area (Å²) in [7, 11) is 0. The third-order valence-electron chi connectivity index (χ3n) is 4.01. The number of rotatable bonds is 2. The number of carbonyl (C=O) groups excluding carboxylic acids is 1. The van der Waals surface area contributed by atoms with E-state index in [0.717, 1.165) is 36.5 Å². The zero-order chi connectivity index (χ0) is 14.0. The van der Waals surface area contributed by atoms with E-state index >= 15 is 0 Å². The van der Waals surface area contributed by atoms with E-state index in [1.54, 1.807) is 11.3 Å². The van der Waals surface area contributed by atoms with Crippen LogP contribution in [0.1, 0.15) is 43.9 Å². The number of carbonyl (C=O) groups is 1. The van der Waals surface area contributed by atoms with Gasteiger partial charge in [-0.25, -0.2) is 0 Å². The van der Waals surface area contributed by atoms with Crippen molar-refractivity contribution < 1.29 is 9.63 Å². The van der Waals surface area contributed by atoms with E-state index in [0.29, 0.717) is 6.42 Å². The van der Waals surface area contributed by atoms with Gasteiger partial charge in [-0.05, 0) is 31.2 Å². The van der Waals surface area contributed by atoms with Crippen LogP contribution in [0.3, 0.4) is 0 Å². The van der Waals surface area contributed by atoms with Crippen LogP contribution >= 0.6 is 11.3 Å². The molecule has 1 unspecified atom stereocenters. The van der Waals surface area contributed by atoms with E-state index in [1.165, 1.54) is 12.8 Å². The molecule has 1 amide bonds. The summed E-state index contributed by atoms with van der Waals surface area (Å²) in [5.74, 6) is 0.0923. The lowest BCUT2D eigenvalue weighted by atomic mass is 9.97. The Bertz CT molecular complexity index is 504. The first-order valence-electron chi connectivity index (χ1n) is 7.27. The highest BCUT2D eigenvalue weighted by atomic mass is 32.1. The van der Waals surface area contributed by atoms with Crippen LogP contribution in [-0.2, 0) is 9.63 Å². The lowest BCUT2D eigenvalue weighted by Crippen LogP contribution is -2.47. The molecule has 1 atom stereocenters. The van der Waals surface area contributed by atoms with Gasteiger partial charge in [-0.2, -0.15) is 0 Å². The molecule has 1 fully saturated rings. The molecule has 108 valence electrons. The average molecular weight is 292 g/mol. The lowest BCUT2D eigenvalue weighted by Gasteiger charge is -2.28. The Morgan fingerprint density at radius 1 is 1.35 bits per heavy atom. The van der Waals surface area contributed by atoms with Gasteiger partial charge in [0.2, 0.25) is 5.60 Å². The first-order chi connectivity index (χ1) is 9.69. The van der Waals surface area contributed by atoms with Gasteiger partial charge < -0.3 is 9.74 Å². The minimum atomic E-state index is -0.816. The Balaban J connectivity index is 1.69. The summed E-state index contributed by atoms with van der Waals surface area (Å²) in [6.07, 6.45) is 5.21. The van der Waals surface area contributed by atoms with E-state index in [4.69, 9.17) is 4.84 Å². The molecule has 4 nitrogen and oxygen atoms in total. The maximum Gasteiger partial charge on any atom is 0.269 e. The van der Waals surface area contributed by atoms with Gasteiger partial charge in [-0.1, -0.05) is 24.1 Å². The smallest absolute Gasteiger partial charge is 0.269 e. The topological polar surface area (TPSA) is 41.9 Å². The molecule has 1 saturated heterocycles. The van der Waals surface area contributed by atoms with E-state index in [1.807, 2.05) is 29.3 Å². The summed E-state index contributed by atoms with van der Waals surface area (Å²) in [4.78, 5) is 21.3. The summed E-state index contributed by atoms with van der Waals surface area (Å²) in [5, 5.41) is 6.17. The highest BCUT2D eigenvalue weighted by molar-refractivity contribution is 7.12. The molecule has 0 bridgehead atoms. The Morgan fingerprint density at radius 3 is 2.75 bits per heavy atom. The van der Waals surface area contributed by atoms with Crippen molar-refractivity contribution in [2.45, 2.75) is 44.6 Å². The van der Waals surface area contributed by atoms with Crippen molar-refractivity contribution in [3.05, 3.63) is 22.4 Å². The fourth-order valence-electron chi connectivity index (χ4n) is 2.84. The van der Waals surface area contributed by atoms with E-state index < -0.39 is 5.60 Å². The van der Waals surface area contributed by atoms with Gasteiger partial charge in [0.25, 0.3) is 5.91 Å². The van der Waals surface area contributed by atoms with Gasteiger partial charge in [0.15, 0.2) is 0 Å². The van der Waals surface area contributed by atoms with Crippen LogP contribution in [0.25, 0.3) is 0 Å². The molecule has 0 radical (unpaired) electrons. The first-order valence-corrected chi connectivity index (χ1v) is 8.15. The van der Waals surface area contributed by atoms with E-state index in [-0.39, 0.29) is 5.91 Å². The molecule has 1 aromatic rings. The minimum Gasteiger partial charge on any atom is -0.379 e.